The molecule has 4 aromatic rings. The van der Waals surface area contributed by atoms with Crippen molar-refractivity contribution in [2.24, 2.45) is 0 Å². The van der Waals surface area contributed by atoms with Crippen LogP contribution in [0.5, 0.6) is 5.75 Å². The lowest BCUT2D eigenvalue weighted by molar-refractivity contribution is -0.122. The smallest absolute Gasteiger partial charge is 0.266 e. The number of hydrogen-bond acceptors (Lipinski definition) is 5. The molecule has 0 radical (unpaired) electrons. The second-order valence-corrected chi connectivity index (χ2v) is 11.1. The molecular weight excluding hydrogens is 557 g/mol. The van der Waals surface area contributed by atoms with Crippen LogP contribution in [0.25, 0.3) is 23.0 Å². The summed E-state index contributed by atoms with van der Waals surface area (Å²) >= 11 is 19.7. The zero-order chi connectivity index (χ0) is 26.6. The molecule has 1 aliphatic rings. The van der Waals surface area contributed by atoms with Gasteiger partial charge in [0.05, 0.1) is 28.8 Å². The molecule has 1 aromatic heterocycles. The minimum atomic E-state index is -0.167. The van der Waals surface area contributed by atoms with Crippen molar-refractivity contribution in [3.63, 3.8) is 0 Å². The van der Waals surface area contributed by atoms with Gasteiger partial charge in [0.25, 0.3) is 5.91 Å². The number of hydrogen-bond donors (Lipinski definition) is 0. The SMILES string of the molecule is CCCOc1ccc(-c2nn(-c3ccccc3)cc2C=C2SC(=S)N(Cc3ccccc3Cl)C2=O)cc1Cl. The van der Waals surface area contributed by atoms with Crippen LogP contribution >= 0.6 is 47.2 Å². The number of para-hydroxylation sites is 1. The maximum atomic E-state index is 13.4. The van der Waals surface area contributed by atoms with Crippen LogP contribution in [0.2, 0.25) is 10.0 Å². The van der Waals surface area contributed by atoms with E-state index < -0.39 is 0 Å². The van der Waals surface area contributed by atoms with E-state index in [0.717, 1.165) is 28.8 Å². The summed E-state index contributed by atoms with van der Waals surface area (Å²) in [5.74, 6) is 0.460. The van der Waals surface area contributed by atoms with Crippen LogP contribution in [0.15, 0.2) is 83.9 Å². The molecule has 1 fully saturated rings. The lowest BCUT2D eigenvalue weighted by Gasteiger charge is -2.15. The molecule has 2 heterocycles. The van der Waals surface area contributed by atoms with Crippen LogP contribution in [0, 0.1) is 0 Å². The third-order valence-corrected chi connectivity index (χ3v) is 7.92. The summed E-state index contributed by atoms with van der Waals surface area (Å²) in [5.41, 5.74) is 4.00. The molecule has 1 amide bonds. The number of carbonyl (C=O) groups excluding carboxylic acids is 1. The van der Waals surface area contributed by atoms with E-state index in [1.807, 2.05) is 85.9 Å². The van der Waals surface area contributed by atoms with Crippen molar-refractivity contribution in [3.05, 3.63) is 105 Å². The van der Waals surface area contributed by atoms with Gasteiger partial charge in [0.1, 0.15) is 15.8 Å². The summed E-state index contributed by atoms with van der Waals surface area (Å²) in [4.78, 5) is 15.5. The predicted molar refractivity (Wildman–Crippen MR) is 160 cm³/mol. The number of benzene rings is 3. The van der Waals surface area contributed by atoms with Crippen LogP contribution in [0.3, 0.4) is 0 Å². The van der Waals surface area contributed by atoms with Gasteiger partial charge in [-0.2, -0.15) is 5.10 Å². The van der Waals surface area contributed by atoms with Gasteiger partial charge in [-0.05, 0) is 54.5 Å². The molecule has 0 aliphatic carbocycles. The molecule has 0 bridgehead atoms. The van der Waals surface area contributed by atoms with E-state index in [9.17, 15) is 4.79 Å². The average Bonchev–Trinajstić information content (AvgIpc) is 3.46. The normalized spacial score (nSPS) is 14.5. The van der Waals surface area contributed by atoms with E-state index in [1.54, 1.807) is 15.6 Å². The molecule has 1 saturated heterocycles. The van der Waals surface area contributed by atoms with E-state index in [4.69, 9.17) is 45.3 Å². The van der Waals surface area contributed by atoms with Crippen molar-refractivity contribution in [2.75, 3.05) is 6.61 Å². The van der Waals surface area contributed by atoms with Crippen molar-refractivity contribution >= 4 is 63.5 Å². The molecule has 1 aliphatic heterocycles. The lowest BCUT2D eigenvalue weighted by atomic mass is 10.1. The molecule has 5 nitrogen and oxygen atoms in total. The number of aromatic nitrogens is 2. The van der Waals surface area contributed by atoms with Crippen molar-refractivity contribution in [1.29, 1.82) is 0 Å². The third kappa shape index (κ3) is 5.66. The fraction of sp³-hybridized carbons (Fsp3) is 0.138. The van der Waals surface area contributed by atoms with Crippen molar-refractivity contribution in [3.8, 4) is 22.7 Å². The van der Waals surface area contributed by atoms with Crippen LogP contribution in [0.4, 0.5) is 0 Å². The Morgan fingerprint density at radius 1 is 1.03 bits per heavy atom. The molecular formula is C29H23Cl2N3O2S2. The average molecular weight is 581 g/mol. The highest BCUT2D eigenvalue weighted by Crippen LogP contribution is 2.37. The minimum absolute atomic E-state index is 0.167. The molecule has 0 unspecified atom stereocenters. The summed E-state index contributed by atoms with van der Waals surface area (Å²) in [6.07, 6.45) is 4.63. The van der Waals surface area contributed by atoms with Gasteiger partial charge in [0.2, 0.25) is 0 Å². The Morgan fingerprint density at radius 2 is 1.79 bits per heavy atom. The predicted octanol–water partition coefficient (Wildman–Crippen LogP) is 8.04. The number of rotatable bonds is 8. The summed E-state index contributed by atoms with van der Waals surface area (Å²) in [6, 6.07) is 22.9. The molecule has 9 heteroatoms. The number of thioether (sulfide) groups is 1. The molecule has 5 rings (SSSR count). The van der Waals surface area contributed by atoms with Gasteiger partial charge >= 0.3 is 0 Å². The number of amides is 1. The van der Waals surface area contributed by atoms with Gasteiger partial charge in [-0.3, -0.25) is 9.69 Å². The molecule has 0 atom stereocenters. The van der Waals surface area contributed by atoms with E-state index in [-0.39, 0.29) is 5.91 Å². The van der Waals surface area contributed by atoms with Gasteiger partial charge in [-0.15, -0.1) is 0 Å². The number of carbonyl (C=O) groups is 1. The van der Waals surface area contributed by atoms with Crippen LogP contribution in [-0.2, 0) is 11.3 Å². The van der Waals surface area contributed by atoms with Crippen LogP contribution in [-0.4, -0.2) is 31.5 Å². The number of ether oxygens (including phenoxy) is 1. The Labute approximate surface area is 241 Å². The van der Waals surface area contributed by atoms with E-state index in [1.165, 1.54) is 11.8 Å². The van der Waals surface area contributed by atoms with E-state index in [0.29, 0.717) is 43.9 Å². The molecule has 0 spiro atoms. The van der Waals surface area contributed by atoms with E-state index in [2.05, 4.69) is 0 Å². The third-order valence-electron chi connectivity index (χ3n) is 5.88. The first-order valence-corrected chi connectivity index (χ1v) is 14.0. The Bertz CT molecular complexity index is 1540. The Balaban J connectivity index is 1.52. The monoisotopic (exact) mass is 579 g/mol. The van der Waals surface area contributed by atoms with Gasteiger partial charge in [0.15, 0.2) is 0 Å². The highest BCUT2D eigenvalue weighted by molar-refractivity contribution is 8.26. The highest BCUT2D eigenvalue weighted by atomic mass is 35.5. The fourth-order valence-electron chi connectivity index (χ4n) is 3.98. The minimum Gasteiger partial charge on any atom is -0.492 e. The zero-order valence-electron chi connectivity index (χ0n) is 20.4. The Kier molecular flexibility index (Phi) is 8.19. The van der Waals surface area contributed by atoms with Gasteiger partial charge in [-0.25, -0.2) is 4.68 Å². The summed E-state index contributed by atoms with van der Waals surface area (Å²) < 4.78 is 8.01. The van der Waals surface area contributed by atoms with Crippen LogP contribution < -0.4 is 4.74 Å². The van der Waals surface area contributed by atoms with Gasteiger partial charge in [0, 0.05) is 22.3 Å². The topological polar surface area (TPSA) is 47.4 Å². The highest BCUT2D eigenvalue weighted by Gasteiger charge is 2.33. The fourth-order valence-corrected chi connectivity index (χ4v) is 5.66. The van der Waals surface area contributed by atoms with Gasteiger partial charge in [-0.1, -0.05) is 90.5 Å². The number of thiocarbonyl (C=S) groups is 1. The molecule has 0 N–H and O–H groups in total. The standard InChI is InChI=1S/C29H23Cl2N3O2S2/c1-2-14-36-25-13-12-19(15-24(25)31)27-21(18-34(32-27)22-9-4-3-5-10-22)16-26-28(35)33(29(37)38-26)17-20-8-6-7-11-23(20)30/h3-13,15-16,18H,2,14,17H2,1H3. The Morgan fingerprint density at radius 3 is 2.53 bits per heavy atom. The van der Waals surface area contributed by atoms with Crippen LogP contribution in [0.1, 0.15) is 24.5 Å². The first-order chi connectivity index (χ1) is 18.4. The Hall–Kier alpha value is -3.10. The maximum Gasteiger partial charge on any atom is 0.266 e. The quantitative estimate of drug-likeness (QED) is 0.156. The molecule has 0 saturated carbocycles. The number of halogens is 2. The van der Waals surface area contributed by atoms with Crippen molar-refractivity contribution < 1.29 is 9.53 Å². The second kappa shape index (κ2) is 11.7. The molecule has 192 valence electrons. The maximum absolute atomic E-state index is 13.4. The molecule has 3 aromatic carbocycles. The van der Waals surface area contributed by atoms with Gasteiger partial charge < -0.3 is 4.74 Å². The summed E-state index contributed by atoms with van der Waals surface area (Å²) in [6.45, 7) is 2.94. The summed E-state index contributed by atoms with van der Waals surface area (Å²) in [7, 11) is 0. The van der Waals surface area contributed by atoms with Crippen molar-refractivity contribution in [1.82, 2.24) is 14.7 Å². The summed E-state index contributed by atoms with van der Waals surface area (Å²) in [5, 5.41) is 5.96. The zero-order valence-corrected chi connectivity index (χ0v) is 23.6. The van der Waals surface area contributed by atoms with Crippen molar-refractivity contribution in [2.45, 2.75) is 19.9 Å². The van der Waals surface area contributed by atoms with E-state index >= 15 is 0 Å². The first-order valence-electron chi connectivity index (χ1n) is 12.0. The number of nitrogens with zero attached hydrogens (tertiary/aromatic N) is 3. The largest absolute Gasteiger partial charge is 0.492 e. The first kappa shape index (κ1) is 26.5. The lowest BCUT2D eigenvalue weighted by Crippen LogP contribution is -2.27. The molecule has 38 heavy (non-hydrogen) atoms. The second-order valence-electron chi connectivity index (χ2n) is 8.57.